The van der Waals surface area contributed by atoms with Crippen LogP contribution in [0.3, 0.4) is 0 Å². The molecule has 0 radical (unpaired) electrons. The second kappa shape index (κ2) is 6.75. The molecule has 5 heteroatoms. The second-order valence-electron chi connectivity index (χ2n) is 4.27. The van der Waals surface area contributed by atoms with E-state index in [1.54, 1.807) is 6.07 Å². The highest BCUT2D eigenvalue weighted by atomic mass is 35.5. The molecule has 0 saturated carbocycles. The van der Waals surface area contributed by atoms with E-state index in [1.807, 2.05) is 42.5 Å². The Hall–Kier alpha value is -1.55. The summed E-state index contributed by atoms with van der Waals surface area (Å²) in [7, 11) is 0. The molecule has 0 spiro atoms. The third-order valence-electron chi connectivity index (χ3n) is 2.85. The van der Waals surface area contributed by atoms with Crippen molar-refractivity contribution in [1.82, 2.24) is 0 Å². The van der Waals surface area contributed by atoms with E-state index in [-0.39, 0.29) is 0 Å². The van der Waals surface area contributed by atoms with Crippen LogP contribution in [0.1, 0.15) is 5.56 Å². The van der Waals surface area contributed by atoms with Gasteiger partial charge in [-0.3, -0.25) is 4.79 Å². The number of anilines is 1. The maximum Gasteiger partial charge on any atom is 0.257 e. The fourth-order valence-corrected chi connectivity index (χ4v) is 1.92. The van der Waals surface area contributed by atoms with E-state index in [2.05, 4.69) is 5.32 Å². The number of alkyl halides is 2. The van der Waals surface area contributed by atoms with Crippen molar-refractivity contribution < 1.29 is 4.79 Å². The fourth-order valence-electron chi connectivity index (χ4n) is 1.81. The van der Waals surface area contributed by atoms with Gasteiger partial charge in [0, 0.05) is 12.2 Å². The van der Waals surface area contributed by atoms with E-state index >= 15 is 0 Å². The molecule has 0 aromatic heterocycles. The third kappa shape index (κ3) is 3.73. The van der Waals surface area contributed by atoms with Crippen LogP contribution in [0.5, 0.6) is 0 Å². The normalized spacial score (nSPS) is 10.6. The highest BCUT2D eigenvalue weighted by Gasteiger charge is 2.11. The van der Waals surface area contributed by atoms with E-state index in [0.717, 1.165) is 16.7 Å². The Balaban J connectivity index is 2.22. The van der Waals surface area contributed by atoms with Crippen LogP contribution in [0.4, 0.5) is 5.69 Å². The number of benzene rings is 2. The van der Waals surface area contributed by atoms with Gasteiger partial charge in [0.05, 0.1) is 0 Å². The van der Waals surface area contributed by atoms with Gasteiger partial charge < -0.3 is 11.1 Å². The van der Waals surface area contributed by atoms with Gasteiger partial charge in [-0.05, 0) is 28.8 Å². The number of carbonyl (C=O) groups is 1. The summed E-state index contributed by atoms with van der Waals surface area (Å²) in [6.07, 6.45) is 0. The van der Waals surface area contributed by atoms with Crippen LogP contribution in [-0.4, -0.2) is 10.7 Å². The van der Waals surface area contributed by atoms with Crippen molar-refractivity contribution in [3.8, 4) is 11.1 Å². The summed E-state index contributed by atoms with van der Waals surface area (Å²) in [5.74, 6) is -0.441. The summed E-state index contributed by atoms with van der Waals surface area (Å²) in [5, 5.41) is 2.65. The molecule has 1 amide bonds. The predicted molar refractivity (Wildman–Crippen MR) is 83.9 cm³/mol. The summed E-state index contributed by atoms with van der Waals surface area (Å²) in [6.45, 7) is 0.517. The van der Waals surface area contributed by atoms with Crippen molar-refractivity contribution in [3.05, 3.63) is 54.1 Å². The molecule has 0 heterocycles. The minimum absolute atomic E-state index is 0.441. The summed E-state index contributed by atoms with van der Waals surface area (Å²) in [4.78, 5) is 10.4. The monoisotopic (exact) mass is 308 g/mol. The molecule has 3 N–H and O–H groups in total. The van der Waals surface area contributed by atoms with Crippen molar-refractivity contribution in [2.75, 3.05) is 5.32 Å². The number of nitrogens with two attached hydrogens (primary N) is 1. The molecule has 0 bridgehead atoms. The zero-order valence-electron chi connectivity index (χ0n) is 10.6. The third-order valence-corrected chi connectivity index (χ3v) is 3.25. The van der Waals surface area contributed by atoms with Gasteiger partial charge in [0.2, 0.25) is 0 Å². The van der Waals surface area contributed by atoms with E-state index in [0.29, 0.717) is 12.2 Å². The van der Waals surface area contributed by atoms with Gasteiger partial charge in [-0.1, -0.05) is 59.6 Å². The van der Waals surface area contributed by atoms with Gasteiger partial charge in [-0.25, -0.2) is 0 Å². The first-order valence-corrected chi connectivity index (χ1v) is 6.96. The maximum atomic E-state index is 11.5. The molecule has 0 aliphatic heterocycles. The molecule has 0 saturated heterocycles. The smallest absolute Gasteiger partial charge is 0.257 e. The van der Waals surface area contributed by atoms with Crippen LogP contribution in [0.25, 0.3) is 11.1 Å². The number of nitrogens with one attached hydrogen (secondary N) is 1. The van der Waals surface area contributed by atoms with Crippen LogP contribution >= 0.6 is 23.2 Å². The number of carbonyl (C=O) groups excluding carboxylic acids is 1. The maximum absolute atomic E-state index is 11.5. The second-order valence-corrected chi connectivity index (χ2v) is 5.37. The van der Waals surface area contributed by atoms with Crippen LogP contribution in [0, 0.1) is 0 Å². The first kappa shape index (κ1) is 14.9. The van der Waals surface area contributed by atoms with Crippen LogP contribution in [-0.2, 0) is 11.3 Å². The predicted octanol–water partition coefficient (Wildman–Crippen LogP) is 3.55. The molecular weight excluding hydrogens is 295 g/mol. The SMILES string of the molecule is NCc1ccc(-c2cccc(NC(=O)C(Cl)Cl)c2)cc1. The average Bonchev–Trinajstić information content (AvgIpc) is 2.47. The number of hydrogen-bond donors (Lipinski definition) is 2. The van der Waals surface area contributed by atoms with Gasteiger partial charge in [0.25, 0.3) is 5.91 Å². The summed E-state index contributed by atoms with van der Waals surface area (Å²) in [6, 6.07) is 15.4. The average molecular weight is 309 g/mol. The van der Waals surface area contributed by atoms with Crippen LogP contribution in [0.15, 0.2) is 48.5 Å². The van der Waals surface area contributed by atoms with E-state index in [9.17, 15) is 4.79 Å². The minimum atomic E-state index is -1.08. The minimum Gasteiger partial charge on any atom is -0.326 e. The van der Waals surface area contributed by atoms with E-state index in [4.69, 9.17) is 28.9 Å². The van der Waals surface area contributed by atoms with Crippen molar-refractivity contribution in [3.63, 3.8) is 0 Å². The van der Waals surface area contributed by atoms with Gasteiger partial charge >= 0.3 is 0 Å². The Kier molecular flexibility index (Phi) is 5.01. The molecule has 0 fully saturated rings. The van der Waals surface area contributed by atoms with Gasteiger partial charge in [-0.15, -0.1) is 0 Å². The number of rotatable bonds is 4. The largest absolute Gasteiger partial charge is 0.326 e. The molecule has 2 aromatic carbocycles. The van der Waals surface area contributed by atoms with Crippen molar-refractivity contribution in [2.45, 2.75) is 11.4 Å². The lowest BCUT2D eigenvalue weighted by Gasteiger charge is -2.08. The molecule has 0 aliphatic rings. The number of halogens is 2. The highest BCUT2D eigenvalue weighted by molar-refractivity contribution is 6.54. The molecular formula is C15H14Cl2N2O. The molecule has 2 rings (SSSR count). The van der Waals surface area contributed by atoms with Crippen molar-refractivity contribution >= 4 is 34.8 Å². The Morgan fingerprint density at radius 2 is 1.80 bits per heavy atom. The molecule has 104 valence electrons. The molecule has 20 heavy (non-hydrogen) atoms. The van der Waals surface area contributed by atoms with Crippen molar-refractivity contribution in [1.29, 1.82) is 0 Å². The van der Waals surface area contributed by atoms with Crippen LogP contribution in [0.2, 0.25) is 0 Å². The topological polar surface area (TPSA) is 55.1 Å². The molecule has 0 aliphatic carbocycles. The molecule has 0 atom stereocenters. The Morgan fingerprint density at radius 3 is 2.40 bits per heavy atom. The van der Waals surface area contributed by atoms with Crippen LogP contribution < -0.4 is 11.1 Å². The molecule has 0 unspecified atom stereocenters. The zero-order valence-corrected chi connectivity index (χ0v) is 12.2. The lowest BCUT2D eigenvalue weighted by atomic mass is 10.0. The molecule has 2 aromatic rings. The van der Waals surface area contributed by atoms with Crippen molar-refractivity contribution in [2.24, 2.45) is 5.73 Å². The quantitative estimate of drug-likeness (QED) is 0.849. The number of amides is 1. The van der Waals surface area contributed by atoms with Gasteiger partial charge in [0.15, 0.2) is 4.84 Å². The molecule has 3 nitrogen and oxygen atoms in total. The summed E-state index contributed by atoms with van der Waals surface area (Å²) < 4.78 is 0. The number of hydrogen-bond acceptors (Lipinski definition) is 2. The first-order valence-electron chi connectivity index (χ1n) is 6.08. The van der Waals surface area contributed by atoms with Gasteiger partial charge in [0.1, 0.15) is 0 Å². The summed E-state index contributed by atoms with van der Waals surface area (Å²) in [5.41, 5.74) is 9.34. The first-order chi connectivity index (χ1) is 9.60. The van der Waals surface area contributed by atoms with Gasteiger partial charge in [-0.2, -0.15) is 0 Å². The van der Waals surface area contributed by atoms with E-state index < -0.39 is 10.7 Å². The Morgan fingerprint density at radius 1 is 1.10 bits per heavy atom. The Bertz CT molecular complexity index is 597. The lowest BCUT2D eigenvalue weighted by Crippen LogP contribution is -2.18. The Labute approximate surface area is 127 Å². The fraction of sp³-hybridized carbons (Fsp3) is 0.133. The zero-order chi connectivity index (χ0) is 14.5. The highest BCUT2D eigenvalue weighted by Crippen LogP contribution is 2.23. The lowest BCUT2D eigenvalue weighted by molar-refractivity contribution is -0.114. The van der Waals surface area contributed by atoms with E-state index in [1.165, 1.54) is 0 Å². The summed E-state index contributed by atoms with van der Waals surface area (Å²) >= 11 is 11.0. The standard InChI is InChI=1S/C15H14Cl2N2O/c16-14(17)15(20)19-13-3-1-2-12(8-13)11-6-4-10(9-18)5-7-11/h1-8,14H,9,18H2,(H,19,20).